The van der Waals surface area contributed by atoms with Gasteiger partial charge < -0.3 is 10.0 Å². The second-order valence-corrected chi connectivity index (χ2v) is 7.32. The van der Waals surface area contributed by atoms with E-state index in [-0.39, 0.29) is 11.8 Å². The van der Waals surface area contributed by atoms with Gasteiger partial charge in [-0.15, -0.1) is 0 Å². The third kappa shape index (κ3) is 3.74. The fourth-order valence-electron chi connectivity index (χ4n) is 4.01. The van der Waals surface area contributed by atoms with Crippen LogP contribution in [0.4, 0.5) is 0 Å². The molecule has 2 atom stereocenters. The average Bonchev–Trinajstić information content (AvgIpc) is 2.50. The Balaban J connectivity index is 1.49. The summed E-state index contributed by atoms with van der Waals surface area (Å²) in [5.74, 6) is 0.268. The number of carboxylic acids is 1. The summed E-state index contributed by atoms with van der Waals surface area (Å²) < 4.78 is 0. The lowest BCUT2D eigenvalue weighted by atomic mass is 9.70. The van der Waals surface area contributed by atoms with Crippen LogP contribution in [0.2, 0.25) is 0 Å². The number of aliphatic carboxylic acids is 1. The zero-order valence-electron chi connectivity index (χ0n) is 13.6. The van der Waals surface area contributed by atoms with Crippen LogP contribution in [0.5, 0.6) is 0 Å². The number of piperidine rings is 1. The van der Waals surface area contributed by atoms with E-state index in [1.807, 2.05) is 13.0 Å². The largest absolute Gasteiger partial charge is 0.481 e. The molecule has 2 aliphatic rings. The van der Waals surface area contributed by atoms with E-state index in [1.165, 1.54) is 5.56 Å². The second kappa shape index (κ2) is 6.73. The monoisotopic (exact) mass is 315 g/mol. The lowest BCUT2D eigenvalue weighted by molar-refractivity contribution is -0.147. The molecule has 0 spiro atoms. The molecule has 2 fully saturated rings. The van der Waals surface area contributed by atoms with Crippen LogP contribution in [-0.2, 0) is 9.59 Å². The Morgan fingerprint density at radius 3 is 2.48 bits per heavy atom. The zero-order valence-corrected chi connectivity index (χ0v) is 13.6. The number of amides is 1. The lowest BCUT2D eigenvalue weighted by Gasteiger charge is -2.39. The number of nitrogens with zero attached hydrogens (tertiary/aromatic N) is 1. The maximum Gasteiger partial charge on any atom is 0.308 e. The Hall–Kier alpha value is -1.84. The third-order valence-electron chi connectivity index (χ3n) is 5.33. The molecule has 124 valence electrons. The topological polar surface area (TPSA) is 57.6 Å². The number of carboxylic acid groups (broad SMARTS) is 1. The molecule has 1 heterocycles. The van der Waals surface area contributed by atoms with E-state index < -0.39 is 11.9 Å². The molecular formula is C19H25NO3. The molecule has 0 bridgehead atoms. The minimum atomic E-state index is -0.776. The normalized spacial score (nSPS) is 30.6. The van der Waals surface area contributed by atoms with Gasteiger partial charge in [0.2, 0.25) is 5.91 Å². The van der Waals surface area contributed by atoms with Crippen LogP contribution in [0.15, 0.2) is 30.3 Å². The highest BCUT2D eigenvalue weighted by atomic mass is 16.4. The Labute approximate surface area is 137 Å². The molecule has 1 aromatic rings. The van der Waals surface area contributed by atoms with Crippen molar-refractivity contribution in [3.05, 3.63) is 35.9 Å². The van der Waals surface area contributed by atoms with E-state index in [4.69, 9.17) is 0 Å². The summed E-state index contributed by atoms with van der Waals surface area (Å²) in [7, 11) is 0. The smallest absolute Gasteiger partial charge is 0.308 e. The molecule has 1 saturated heterocycles. The summed E-state index contributed by atoms with van der Waals surface area (Å²) in [6.07, 6.45) is 3.39. The van der Waals surface area contributed by atoms with Crippen molar-refractivity contribution in [3.8, 4) is 0 Å². The molecule has 23 heavy (non-hydrogen) atoms. The van der Waals surface area contributed by atoms with Gasteiger partial charge in [0.1, 0.15) is 0 Å². The summed E-state index contributed by atoms with van der Waals surface area (Å²) in [6, 6.07) is 10.5. The number of hydrogen-bond acceptors (Lipinski definition) is 2. The summed E-state index contributed by atoms with van der Waals surface area (Å²) in [6.45, 7) is 3.12. The highest BCUT2D eigenvalue weighted by Gasteiger charge is 2.36. The minimum absolute atomic E-state index is 0.138. The summed E-state index contributed by atoms with van der Waals surface area (Å²) in [5.41, 5.74) is 1.37. The molecule has 1 aliphatic heterocycles. The molecule has 4 heteroatoms. The molecule has 1 aromatic carbocycles. The van der Waals surface area contributed by atoms with Crippen molar-refractivity contribution < 1.29 is 14.7 Å². The molecule has 1 aliphatic carbocycles. The fourth-order valence-corrected chi connectivity index (χ4v) is 4.01. The van der Waals surface area contributed by atoms with Gasteiger partial charge in [-0.3, -0.25) is 9.59 Å². The van der Waals surface area contributed by atoms with Gasteiger partial charge in [0.25, 0.3) is 0 Å². The number of hydrogen-bond donors (Lipinski definition) is 1. The van der Waals surface area contributed by atoms with E-state index in [2.05, 4.69) is 24.3 Å². The molecule has 4 nitrogen and oxygen atoms in total. The summed E-state index contributed by atoms with van der Waals surface area (Å²) >= 11 is 0. The molecule has 1 N–H and O–H groups in total. The van der Waals surface area contributed by atoms with Crippen molar-refractivity contribution in [2.45, 2.75) is 38.5 Å². The Bertz CT molecular complexity index is 565. The number of carbonyl (C=O) groups is 2. The number of rotatable bonds is 4. The Morgan fingerprint density at radius 2 is 1.83 bits per heavy atom. The number of likely N-dealkylation sites (tertiary alicyclic amines) is 1. The number of carbonyl (C=O) groups excluding carboxylic acids is 1. The van der Waals surface area contributed by atoms with Crippen LogP contribution in [0, 0.1) is 17.8 Å². The van der Waals surface area contributed by atoms with E-state index >= 15 is 0 Å². The fraction of sp³-hybridized carbons (Fsp3) is 0.579. The van der Waals surface area contributed by atoms with Gasteiger partial charge in [0.05, 0.1) is 5.92 Å². The molecule has 0 radical (unpaired) electrons. The first kappa shape index (κ1) is 16.0. The van der Waals surface area contributed by atoms with Gasteiger partial charge in [-0.2, -0.15) is 0 Å². The van der Waals surface area contributed by atoms with Crippen LogP contribution in [-0.4, -0.2) is 35.0 Å². The highest BCUT2D eigenvalue weighted by molar-refractivity contribution is 5.78. The van der Waals surface area contributed by atoms with E-state index in [0.717, 1.165) is 12.8 Å². The predicted molar refractivity (Wildman–Crippen MR) is 88.0 cm³/mol. The van der Waals surface area contributed by atoms with Crippen molar-refractivity contribution >= 4 is 11.9 Å². The van der Waals surface area contributed by atoms with Crippen LogP contribution in [0.25, 0.3) is 0 Å². The van der Waals surface area contributed by atoms with Crippen LogP contribution in [0.3, 0.4) is 0 Å². The SMILES string of the molecule is CC1CC(C(=O)O)CN(C(=O)CC2CC(c3ccccc3)C2)C1. The van der Waals surface area contributed by atoms with Crippen LogP contribution >= 0.6 is 0 Å². The van der Waals surface area contributed by atoms with Gasteiger partial charge in [0, 0.05) is 19.5 Å². The van der Waals surface area contributed by atoms with Gasteiger partial charge >= 0.3 is 5.97 Å². The van der Waals surface area contributed by atoms with Gasteiger partial charge in [-0.25, -0.2) is 0 Å². The van der Waals surface area contributed by atoms with E-state index in [0.29, 0.717) is 37.8 Å². The van der Waals surface area contributed by atoms with Crippen LogP contribution in [0.1, 0.15) is 44.1 Å². The van der Waals surface area contributed by atoms with Crippen molar-refractivity contribution in [1.82, 2.24) is 4.90 Å². The third-order valence-corrected chi connectivity index (χ3v) is 5.33. The molecule has 3 rings (SSSR count). The highest BCUT2D eigenvalue weighted by Crippen LogP contribution is 2.43. The van der Waals surface area contributed by atoms with Gasteiger partial charge in [-0.1, -0.05) is 37.3 Å². The van der Waals surface area contributed by atoms with Crippen molar-refractivity contribution in [2.24, 2.45) is 17.8 Å². The predicted octanol–water partition coefficient (Wildman–Crippen LogP) is 3.14. The molecule has 2 unspecified atom stereocenters. The molecule has 1 amide bonds. The number of benzene rings is 1. The average molecular weight is 315 g/mol. The molecule has 1 saturated carbocycles. The molecular weight excluding hydrogens is 290 g/mol. The first-order chi connectivity index (χ1) is 11.0. The van der Waals surface area contributed by atoms with Gasteiger partial charge in [-0.05, 0) is 42.6 Å². The second-order valence-electron chi connectivity index (χ2n) is 7.32. The van der Waals surface area contributed by atoms with Crippen molar-refractivity contribution in [3.63, 3.8) is 0 Å². The summed E-state index contributed by atoms with van der Waals surface area (Å²) in [4.78, 5) is 25.5. The Kier molecular flexibility index (Phi) is 4.69. The quantitative estimate of drug-likeness (QED) is 0.928. The maximum atomic E-state index is 12.5. The first-order valence-electron chi connectivity index (χ1n) is 8.58. The lowest BCUT2D eigenvalue weighted by Crippen LogP contribution is -2.46. The Morgan fingerprint density at radius 1 is 1.13 bits per heavy atom. The van der Waals surface area contributed by atoms with E-state index in [9.17, 15) is 14.7 Å². The maximum absolute atomic E-state index is 12.5. The van der Waals surface area contributed by atoms with Crippen molar-refractivity contribution in [1.29, 1.82) is 0 Å². The van der Waals surface area contributed by atoms with Crippen LogP contribution < -0.4 is 0 Å². The van der Waals surface area contributed by atoms with Gasteiger partial charge in [0.15, 0.2) is 0 Å². The standard InChI is InChI=1S/C19H25NO3/c1-13-7-17(19(22)23)12-20(11-13)18(21)10-14-8-16(9-14)15-5-3-2-4-6-15/h2-6,13-14,16-17H,7-12H2,1H3,(H,22,23). The van der Waals surface area contributed by atoms with Crippen molar-refractivity contribution in [2.75, 3.05) is 13.1 Å². The first-order valence-corrected chi connectivity index (χ1v) is 8.58. The summed E-state index contributed by atoms with van der Waals surface area (Å²) in [5, 5.41) is 9.22. The minimum Gasteiger partial charge on any atom is -0.481 e. The molecule has 0 aromatic heterocycles. The van der Waals surface area contributed by atoms with E-state index in [1.54, 1.807) is 4.90 Å². The zero-order chi connectivity index (χ0) is 16.4.